The molecule has 0 saturated heterocycles. The number of halogens is 2. The number of aromatic nitrogens is 2. The Morgan fingerprint density at radius 3 is 2.09 bits per heavy atom. The molecule has 0 aliphatic heterocycles. The molecule has 5 atom stereocenters. The van der Waals surface area contributed by atoms with Crippen molar-refractivity contribution in [2.45, 2.75) is 106 Å². The van der Waals surface area contributed by atoms with E-state index in [1.165, 1.54) is 6.92 Å². The Balaban J connectivity index is 0.00000705. The van der Waals surface area contributed by atoms with Gasteiger partial charge in [0.05, 0.1) is 33.6 Å². The number of carboxylic acid groups (broad SMARTS) is 2. The molecule has 21 heteroatoms. The number of hydrogen-bond donors (Lipinski definition) is 1. The molecule has 0 aromatic carbocycles. The SMILES string of the molecule is CC(=O)NC1CC(N(CCCC(=O)[O-])CCCC(=O)[O-])CCC1N=Nc1c(C#N)cnn1C1C(F)CC(S(=O)(=O)[O-])CC1F.[K+].[K+].[K+]. The first kappa shape index (κ1) is 48.3. The van der Waals surface area contributed by atoms with Crippen LogP contribution in [0.25, 0.3) is 0 Å². The van der Waals surface area contributed by atoms with Gasteiger partial charge in [0, 0.05) is 24.9 Å². The third kappa shape index (κ3) is 15.1. The number of hydrogen-bond acceptors (Lipinski definition) is 13. The van der Waals surface area contributed by atoms with Gasteiger partial charge in [-0.2, -0.15) is 15.5 Å². The number of nitrogens with one attached hydrogen (secondary N) is 1. The minimum atomic E-state index is -4.93. The fourth-order valence-corrected chi connectivity index (χ4v) is 6.71. The second-order valence-corrected chi connectivity index (χ2v) is 12.7. The molecule has 1 aromatic heterocycles. The van der Waals surface area contributed by atoms with E-state index in [0.717, 1.165) is 10.9 Å². The van der Waals surface area contributed by atoms with Crippen molar-refractivity contribution in [3.05, 3.63) is 11.8 Å². The van der Waals surface area contributed by atoms with Crippen molar-refractivity contribution in [3.8, 4) is 6.07 Å². The molecule has 1 N–H and O–H groups in total. The summed E-state index contributed by atoms with van der Waals surface area (Å²) in [6.45, 7) is 2.00. The Hall–Kier alpha value is 1.35. The predicted molar refractivity (Wildman–Crippen MR) is 142 cm³/mol. The number of carbonyl (C=O) groups is 3. The van der Waals surface area contributed by atoms with Gasteiger partial charge in [0.15, 0.2) is 5.82 Å². The Morgan fingerprint density at radius 1 is 1.06 bits per heavy atom. The third-order valence-electron chi connectivity index (χ3n) is 7.94. The van der Waals surface area contributed by atoms with Crippen LogP contribution in [0.2, 0.25) is 0 Å². The van der Waals surface area contributed by atoms with E-state index in [1.54, 1.807) is 0 Å². The maximum absolute atomic E-state index is 15.1. The van der Waals surface area contributed by atoms with Gasteiger partial charge in [-0.1, -0.05) is 0 Å². The number of amides is 1. The molecule has 2 aliphatic carbocycles. The fraction of sp³-hybridized carbons (Fsp3) is 0.731. The van der Waals surface area contributed by atoms with E-state index in [9.17, 15) is 42.8 Å². The summed E-state index contributed by atoms with van der Waals surface area (Å²) in [5.41, 5.74) is -0.150. The topological polar surface area (TPSA) is 236 Å². The van der Waals surface area contributed by atoms with Crippen LogP contribution in [0.15, 0.2) is 16.4 Å². The van der Waals surface area contributed by atoms with Crippen LogP contribution >= 0.6 is 0 Å². The van der Waals surface area contributed by atoms with Gasteiger partial charge >= 0.3 is 154 Å². The van der Waals surface area contributed by atoms with Crippen LogP contribution in [0.1, 0.15) is 76.3 Å². The summed E-state index contributed by atoms with van der Waals surface area (Å²) in [5, 5.41) is 44.8. The van der Waals surface area contributed by atoms with E-state index in [4.69, 9.17) is 0 Å². The standard InChI is InChI=1S/C26H37F2N7O8S.3K/c1-15(36)31-22-10-17(34(8-2-4-23(37)38)9-3-5-24(39)40)6-7-21(22)32-33-26-16(13-29)14-30-35(26)25-19(27)11-18(12-20(25)28)44(41,42)43;;;/h14,17-22,25H,2-12H2,1H3,(H,31,36)(H,37,38)(H,39,40)(H,41,42,43);;;/q;3*+1/p-3. The Bertz CT molecular complexity index is 1350. The zero-order chi connectivity index (χ0) is 32.6. The Morgan fingerprint density at radius 2 is 1.62 bits per heavy atom. The first-order valence-electron chi connectivity index (χ1n) is 14.2. The molecule has 3 rings (SSSR count). The number of rotatable bonds is 14. The van der Waals surface area contributed by atoms with Crippen LogP contribution in [0.3, 0.4) is 0 Å². The third-order valence-corrected chi connectivity index (χ3v) is 9.14. The summed E-state index contributed by atoms with van der Waals surface area (Å²) in [4.78, 5) is 35.8. The number of nitrogens with zero attached hydrogens (tertiary/aromatic N) is 6. The maximum Gasteiger partial charge on any atom is 1.00 e. The van der Waals surface area contributed by atoms with Crippen LogP contribution < -0.4 is 170 Å². The average molecular weight is 760 g/mol. The molecule has 244 valence electrons. The molecule has 0 radical (unpaired) electrons. The zero-order valence-corrected chi connectivity index (χ0v) is 37.2. The largest absolute Gasteiger partial charge is 1.00 e. The first-order chi connectivity index (χ1) is 20.7. The molecule has 15 nitrogen and oxygen atoms in total. The van der Waals surface area contributed by atoms with Crippen molar-refractivity contribution in [1.29, 1.82) is 5.26 Å². The number of nitriles is 1. The first-order valence-corrected chi connectivity index (χ1v) is 15.7. The van der Waals surface area contributed by atoms with Gasteiger partial charge in [-0.3, -0.25) is 4.79 Å². The van der Waals surface area contributed by atoms with Crippen molar-refractivity contribution >= 4 is 33.8 Å². The molecule has 47 heavy (non-hydrogen) atoms. The molecule has 1 heterocycles. The van der Waals surface area contributed by atoms with Gasteiger partial charge in [-0.25, -0.2) is 21.9 Å². The van der Waals surface area contributed by atoms with Crippen molar-refractivity contribution < 1.29 is 201 Å². The van der Waals surface area contributed by atoms with Gasteiger partial charge < -0.3 is 34.6 Å². The minimum Gasteiger partial charge on any atom is -0.748 e. The van der Waals surface area contributed by atoms with Gasteiger partial charge in [-0.15, -0.1) is 5.11 Å². The van der Waals surface area contributed by atoms with Crippen molar-refractivity contribution in [3.63, 3.8) is 0 Å². The van der Waals surface area contributed by atoms with E-state index in [0.29, 0.717) is 32.4 Å². The summed E-state index contributed by atoms with van der Waals surface area (Å²) in [6, 6.07) is -1.21. The normalized spacial score (nSPS) is 25.9. The van der Waals surface area contributed by atoms with Gasteiger partial charge in [-0.05, 0) is 70.9 Å². The quantitative estimate of drug-likeness (QED) is 0.106. The molecule has 0 spiro atoms. The number of carbonyl (C=O) groups excluding carboxylic acids is 3. The number of carboxylic acids is 2. The predicted octanol–water partition coefficient (Wildman–Crippen LogP) is -9.44. The zero-order valence-electron chi connectivity index (χ0n) is 27.0. The van der Waals surface area contributed by atoms with Gasteiger partial charge in [0.2, 0.25) is 5.91 Å². The molecule has 2 aliphatic rings. The summed E-state index contributed by atoms with van der Waals surface area (Å²) >= 11 is 0. The van der Waals surface area contributed by atoms with Crippen LogP contribution in [-0.4, -0.2) is 94.3 Å². The van der Waals surface area contributed by atoms with Crippen LogP contribution in [-0.2, 0) is 24.5 Å². The summed E-state index contributed by atoms with van der Waals surface area (Å²) < 4.78 is 65.1. The minimum absolute atomic E-state index is 0. The van der Waals surface area contributed by atoms with Crippen molar-refractivity contribution in [2.75, 3.05) is 13.1 Å². The van der Waals surface area contributed by atoms with Crippen molar-refractivity contribution in [2.24, 2.45) is 10.2 Å². The molecular weight excluding hydrogens is 726 g/mol. The summed E-state index contributed by atoms with van der Waals surface area (Å²) in [5.74, 6) is -3.05. The van der Waals surface area contributed by atoms with E-state index >= 15 is 8.78 Å². The van der Waals surface area contributed by atoms with E-state index < -0.39 is 70.6 Å². The van der Waals surface area contributed by atoms with E-state index in [2.05, 4.69) is 20.6 Å². The van der Waals surface area contributed by atoms with Crippen molar-refractivity contribution in [1.82, 2.24) is 20.0 Å². The molecule has 1 aromatic rings. The van der Waals surface area contributed by atoms with Gasteiger partial charge in [0.25, 0.3) is 0 Å². The molecule has 2 fully saturated rings. The van der Waals surface area contributed by atoms with E-state index in [-0.39, 0.29) is 203 Å². The van der Waals surface area contributed by atoms with Crippen LogP contribution in [0.4, 0.5) is 14.6 Å². The van der Waals surface area contributed by atoms with E-state index in [1.807, 2.05) is 11.0 Å². The second kappa shape index (κ2) is 23.1. The number of alkyl halides is 2. The molecule has 5 unspecified atom stereocenters. The summed E-state index contributed by atoms with van der Waals surface area (Å²) in [6.07, 6.45) is -3.29. The van der Waals surface area contributed by atoms with Gasteiger partial charge in [0.1, 0.15) is 30.0 Å². The van der Waals surface area contributed by atoms with Crippen LogP contribution in [0.5, 0.6) is 0 Å². The average Bonchev–Trinajstić information content (AvgIpc) is 3.32. The summed E-state index contributed by atoms with van der Waals surface area (Å²) in [7, 11) is -4.93. The molecular formula is C26H34F2K3N7O8S. The molecule has 2 saturated carbocycles. The van der Waals surface area contributed by atoms with Crippen LogP contribution in [0, 0.1) is 11.3 Å². The smallest absolute Gasteiger partial charge is 0.748 e. The fourth-order valence-electron chi connectivity index (χ4n) is 5.88. The number of azo groups is 1. The maximum atomic E-state index is 15.1. The molecule has 0 bridgehead atoms. The Kier molecular flexibility index (Phi) is 23.8. The monoisotopic (exact) mass is 759 g/mol. The Labute approximate surface area is 399 Å². The number of aliphatic carboxylic acids is 2. The second-order valence-electron chi connectivity index (χ2n) is 11.1. The molecule has 1 amide bonds.